The van der Waals surface area contributed by atoms with E-state index in [2.05, 4.69) is 62.0 Å². The third-order valence-electron chi connectivity index (χ3n) is 13.6. The Bertz CT molecular complexity index is 4100. The molecule has 468 valence electrons. The van der Waals surface area contributed by atoms with E-state index in [1.54, 1.807) is 82.5 Å². The molecule has 5 heterocycles. The van der Waals surface area contributed by atoms with Gasteiger partial charge in [-0.3, -0.25) is 0 Å². The van der Waals surface area contributed by atoms with Crippen molar-refractivity contribution in [1.82, 2.24) is 49.8 Å². The zero-order valence-electron chi connectivity index (χ0n) is 51.8. The lowest BCUT2D eigenvalue weighted by Crippen LogP contribution is -2.01. The molecule has 91 heavy (non-hydrogen) atoms. The van der Waals surface area contributed by atoms with Crippen molar-refractivity contribution < 1.29 is 17.9 Å². The first-order chi connectivity index (χ1) is 43.3. The number of halogens is 6. The highest BCUT2D eigenvalue weighted by molar-refractivity contribution is 6.33. The predicted octanol–water partition coefficient (Wildman–Crippen LogP) is 14.8. The van der Waals surface area contributed by atoms with Crippen LogP contribution in [0.25, 0.3) is 56.3 Å². The smallest absolute Gasteiger partial charge is 0.220 e. The molecule has 10 rings (SSSR count). The van der Waals surface area contributed by atoms with Crippen molar-refractivity contribution in [2.24, 2.45) is 0 Å². The molecule has 5 aromatic carbocycles. The molecule has 0 amide bonds. The number of ether oxygens (including phenoxy) is 1. The molecule has 24 heteroatoms. The minimum Gasteiger partial charge on any atom is -0.496 e. The van der Waals surface area contributed by atoms with Crippen LogP contribution in [-0.2, 0) is 32.1 Å². The highest BCUT2D eigenvalue weighted by Crippen LogP contribution is 2.34. The molecular formula is C67H67Cl3F3N17O. The Balaban J connectivity index is 0.000000181. The number of methoxy groups -OCH3 is 1. The van der Waals surface area contributed by atoms with Crippen LogP contribution in [-0.4, -0.2) is 56.9 Å². The van der Waals surface area contributed by atoms with E-state index in [9.17, 15) is 13.2 Å². The maximum Gasteiger partial charge on any atom is 0.220 e. The molecule has 0 bridgehead atoms. The summed E-state index contributed by atoms with van der Waals surface area (Å²) >= 11 is 18.2. The first-order valence-corrected chi connectivity index (χ1v) is 29.6. The quantitative estimate of drug-likeness (QED) is 0.0803. The van der Waals surface area contributed by atoms with E-state index >= 15 is 0 Å². The summed E-state index contributed by atoms with van der Waals surface area (Å²) in [5, 5.41) is 19.2. The summed E-state index contributed by atoms with van der Waals surface area (Å²) in [5.74, 6) is 0.636. The van der Waals surface area contributed by atoms with Gasteiger partial charge in [-0.05, 0) is 179 Å². The van der Waals surface area contributed by atoms with E-state index in [1.807, 2.05) is 71.9 Å². The number of nitriles is 2. The third-order valence-corrected chi connectivity index (χ3v) is 14.6. The van der Waals surface area contributed by atoms with Crippen molar-refractivity contribution >= 4 is 64.5 Å². The number of anilines is 5. The summed E-state index contributed by atoms with van der Waals surface area (Å²) in [6.07, 6.45) is 3.75. The van der Waals surface area contributed by atoms with Gasteiger partial charge in [0.1, 0.15) is 23.2 Å². The Hall–Kier alpha value is -10.1. The molecular weight excluding hydrogens is 1220 g/mol. The van der Waals surface area contributed by atoms with Gasteiger partial charge in [-0.1, -0.05) is 75.5 Å². The monoisotopic (exact) mass is 1290 g/mol. The van der Waals surface area contributed by atoms with E-state index in [1.165, 1.54) is 18.2 Å². The lowest BCUT2D eigenvalue weighted by molar-refractivity contribution is 0.416. The van der Waals surface area contributed by atoms with Crippen molar-refractivity contribution in [3.8, 4) is 74.2 Å². The van der Waals surface area contributed by atoms with Gasteiger partial charge in [-0.2, -0.15) is 10.5 Å². The van der Waals surface area contributed by atoms with Crippen molar-refractivity contribution in [2.75, 3.05) is 35.8 Å². The van der Waals surface area contributed by atoms with Gasteiger partial charge in [-0.15, -0.1) is 0 Å². The number of nitrogen functional groups attached to an aromatic ring is 5. The Kier molecular flexibility index (Phi) is 25.0. The number of nitrogens with two attached hydrogens (primary N) is 5. The van der Waals surface area contributed by atoms with Crippen LogP contribution in [0.4, 0.5) is 42.9 Å². The molecule has 0 radical (unpaired) electrons. The second-order valence-corrected chi connectivity index (χ2v) is 21.4. The topological polar surface area (TPSA) is 316 Å². The van der Waals surface area contributed by atoms with E-state index in [4.69, 9.17) is 78.7 Å². The predicted molar refractivity (Wildman–Crippen MR) is 356 cm³/mol. The molecule has 18 nitrogen and oxygen atoms in total. The minimum atomic E-state index is -0.364. The van der Waals surface area contributed by atoms with Gasteiger partial charge < -0.3 is 33.4 Å². The van der Waals surface area contributed by atoms with Crippen LogP contribution in [0.1, 0.15) is 96.5 Å². The standard InChI is InChI=1S/C14H14N4O.C14H14N4.3C13H13ClFN3/c1-3-10-7-12(18-14(16)17-10)11-6-9(8-15)4-5-13(11)19-2;1-3-11-7-13(18-14(16)17-11)12-6-10(8-15)5-4-9(12)2;1-3-8-5-12(18-13(16)17-8)9-6-10(14)7(2)4-11(9)15;1-3-8-5-12(18-13(16)17-8)9-6-11(15)7(2)4-10(9)14;1-3-8-5-12(18-13(16)17-8)9-4-7(2)11(15)6-10(9)14/h4-7H,3H2,1-2H3,(H2,16,17,18);4-7H,3H2,1-2H3,(H2,16,17,18);3*4-6H,3H2,1-2H3,(H2,16,17,18). The van der Waals surface area contributed by atoms with Crippen LogP contribution in [0.3, 0.4) is 0 Å². The summed E-state index contributed by atoms with van der Waals surface area (Å²) in [6, 6.07) is 32.9. The Morgan fingerprint density at radius 1 is 0.363 bits per heavy atom. The zero-order valence-corrected chi connectivity index (χ0v) is 54.0. The summed E-state index contributed by atoms with van der Waals surface area (Å²) in [4.78, 5) is 41.3. The number of aromatic nitrogens is 10. The van der Waals surface area contributed by atoms with Gasteiger partial charge in [0, 0.05) is 61.3 Å². The van der Waals surface area contributed by atoms with Crippen molar-refractivity contribution in [3.05, 3.63) is 197 Å². The maximum absolute atomic E-state index is 13.9. The molecule has 0 aliphatic rings. The third kappa shape index (κ3) is 19.0. The summed E-state index contributed by atoms with van der Waals surface area (Å²) < 4.78 is 46.2. The molecule has 0 fully saturated rings. The molecule has 0 spiro atoms. The van der Waals surface area contributed by atoms with Gasteiger partial charge in [0.15, 0.2) is 0 Å². The van der Waals surface area contributed by atoms with E-state index in [-0.39, 0.29) is 47.2 Å². The first kappa shape index (κ1) is 70.0. The fourth-order valence-corrected chi connectivity index (χ4v) is 9.39. The molecule has 5 aromatic heterocycles. The Labute approximate surface area is 541 Å². The highest BCUT2D eigenvalue weighted by atomic mass is 35.5. The minimum absolute atomic E-state index is 0.139. The summed E-state index contributed by atoms with van der Waals surface area (Å²) in [6.45, 7) is 17.0. The van der Waals surface area contributed by atoms with Crippen LogP contribution < -0.4 is 33.4 Å². The molecule has 0 saturated carbocycles. The molecule has 0 saturated heterocycles. The highest BCUT2D eigenvalue weighted by Gasteiger charge is 2.16. The molecule has 0 unspecified atom stereocenters. The maximum atomic E-state index is 13.9. The lowest BCUT2D eigenvalue weighted by atomic mass is 10.0. The summed E-state index contributed by atoms with van der Waals surface area (Å²) in [7, 11) is 1.58. The second kappa shape index (κ2) is 32.4. The van der Waals surface area contributed by atoms with Crippen molar-refractivity contribution in [2.45, 2.75) is 94.4 Å². The molecule has 0 aliphatic carbocycles. The Morgan fingerprint density at radius 2 is 0.714 bits per heavy atom. The van der Waals surface area contributed by atoms with Crippen LogP contribution in [0.2, 0.25) is 15.1 Å². The van der Waals surface area contributed by atoms with E-state index < -0.39 is 0 Å². The number of aryl methyl sites for hydroxylation is 9. The van der Waals surface area contributed by atoms with Crippen LogP contribution in [0, 0.1) is 67.8 Å². The fourth-order valence-electron chi connectivity index (χ4n) is 8.67. The number of hydrogen-bond donors (Lipinski definition) is 5. The van der Waals surface area contributed by atoms with Gasteiger partial charge in [0.25, 0.3) is 0 Å². The van der Waals surface area contributed by atoms with Gasteiger partial charge in [0.05, 0.1) is 68.9 Å². The van der Waals surface area contributed by atoms with Gasteiger partial charge >= 0.3 is 0 Å². The van der Waals surface area contributed by atoms with Gasteiger partial charge in [-0.25, -0.2) is 63.0 Å². The average Bonchev–Trinajstić information content (AvgIpc) is 1.61. The number of rotatable bonds is 11. The fraction of sp³-hybridized carbons (Fsp3) is 0.224. The number of benzene rings is 5. The van der Waals surface area contributed by atoms with Crippen LogP contribution in [0.5, 0.6) is 5.75 Å². The molecule has 0 atom stereocenters. The Morgan fingerprint density at radius 3 is 1.13 bits per heavy atom. The van der Waals surface area contributed by atoms with Gasteiger partial charge in [0.2, 0.25) is 29.7 Å². The van der Waals surface area contributed by atoms with Crippen LogP contribution >= 0.6 is 34.8 Å². The number of hydrogen-bond acceptors (Lipinski definition) is 18. The zero-order chi connectivity index (χ0) is 66.8. The largest absolute Gasteiger partial charge is 0.496 e. The van der Waals surface area contributed by atoms with E-state index in [0.29, 0.717) is 94.5 Å². The number of nitrogens with zero attached hydrogens (tertiary/aromatic N) is 12. The lowest BCUT2D eigenvalue weighted by Gasteiger charge is -2.09. The normalized spacial score (nSPS) is 10.4. The van der Waals surface area contributed by atoms with Crippen molar-refractivity contribution in [3.63, 3.8) is 0 Å². The van der Waals surface area contributed by atoms with Crippen molar-refractivity contribution in [1.29, 1.82) is 10.5 Å². The molecule has 0 aliphatic heterocycles. The second-order valence-electron chi connectivity index (χ2n) is 20.2. The summed E-state index contributed by atoms with van der Waals surface area (Å²) in [5.41, 5.74) is 42.7. The van der Waals surface area contributed by atoms with E-state index in [0.717, 1.165) is 76.5 Å². The molecule has 10 N–H and O–H groups in total. The average molecular weight is 1290 g/mol. The molecule has 10 aromatic rings. The SMILES string of the molecule is CCc1cc(-c2cc(C#N)ccc2C)nc(N)n1.CCc1cc(-c2cc(C#N)ccc2OC)nc(N)n1.CCc1cc(-c2cc(C)c(F)cc2Cl)nc(N)n1.CCc1cc(-c2cc(Cl)c(C)cc2F)nc(N)n1.CCc1cc(-c2cc(F)c(C)cc2Cl)nc(N)n1. The van der Waals surface area contributed by atoms with Crippen LogP contribution in [0.15, 0.2) is 103 Å². The first-order valence-electron chi connectivity index (χ1n) is 28.5.